The molecule has 6 nitrogen and oxygen atoms in total. The zero-order valence-corrected chi connectivity index (χ0v) is 15.1. The van der Waals surface area contributed by atoms with Gasteiger partial charge in [-0.2, -0.15) is 32.3 Å². The Labute approximate surface area is 163 Å². The first-order valence-electron chi connectivity index (χ1n) is 8.49. The molecule has 0 saturated heterocycles. The van der Waals surface area contributed by atoms with Gasteiger partial charge in [-0.25, -0.2) is 9.37 Å². The minimum absolute atomic E-state index is 0.0320. The van der Waals surface area contributed by atoms with Gasteiger partial charge in [-0.1, -0.05) is 11.6 Å². The second-order valence-corrected chi connectivity index (χ2v) is 7.25. The first-order chi connectivity index (χ1) is 13.7. The smallest absolute Gasteiger partial charge is 0.257 e. The zero-order valence-electron chi connectivity index (χ0n) is 14.3. The summed E-state index contributed by atoms with van der Waals surface area (Å²) in [5.74, 6) is -2.21. The molecule has 2 atom stereocenters. The average molecular weight is 429 g/mol. The lowest BCUT2D eigenvalue weighted by Gasteiger charge is -2.09. The van der Waals surface area contributed by atoms with Crippen LogP contribution >= 0.6 is 11.6 Å². The fourth-order valence-electron chi connectivity index (χ4n) is 3.65. The van der Waals surface area contributed by atoms with E-state index in [1.165, 1.54) is 12.3 Å². The van der Waals surface area contributed by atoms with Crippen molar-refractivity contribution in [3.05, 3.63) is 52.8 Å². The molecule has 29 heavy (non-hydrogen) atoms. The van der Waals surface area contributed by atoms with Gasteiger partial charge in [0.15, 0.2) is 16.6 Å². The number of rotatable bonds is 3. The van der Waals surface area contributed by atoms with Crippen molar-refractivity contribution >= 4 is 28.2 Å². The van der Waals surface area contributed by atoms with Crippen molar-refractivity contribution in [2.75, 3.05) is 0 Å². The second-order valence-electron chi connectivity index (χ2n) is 6.87. The Morgan fingerprint density at radius 1 is 1.10 bits per heavy atom. The number of fused-ring (bicyclic) bond motifs is 2. The van der Waals surface area contributed by atoms with Crippen LogP contribution in [0, 0.1) is 11.8 Å². The van der Waals surface area contributed by atoms with Crippen LogP contribution in [0.15, 0.2) is 24.7 Å². The third-order valence-corrected chi connectivity index (χ3v) is 5.12. The predicted molar refractivity (Wildman–Crippen MR) is 91.6 cm³/mol. The molecule has 1 aliphatic rings. The molecule has 4 aromatic rings. The minimum atomic E-state index is -4.54. The molecule has 0 aliphatic heterocycles. The molecule has 150 valence electrons. The van der Waals surface area contributed by atoms with Gasteiger partial charge < -0.3 is 0 Å². The summed E-state index contributed by atoms with van der Waals surface area (Å²) in [7, 11) is 0. The third kappa shape index (κ3) is 3.00. The fraction of sp³-hybridized carbons (Fsp3) is 0.294. The van der Waals surface area contributed by atoms with Crippen molar-refractivity contribution in [1.82, 2.24) is 29.4 Å². The summed E-state index contributed by atoms with van der Waals surface area (Å²) < 4.78 is 68.7. The number of hydrogen-bond donors (Lipinski definition) is 0. The van der Waals surface area contributed by atoms with E-state index in [2.05, 4.69) is 20.2 Å². The van der Waals surface area contributed by atoms with Crippen LogP contribution in [0.5, 0.6) is 0 Å². The molecule has 1 fully saturated rings. The summed E-state index contributed by atoms with van der Waals surface area (Å²) in [6.45, 7) is -1.40. The van der Waals surface area contributed by atoms with Gasteiger partial charge in [0.2, 0.25) is 5.95 Å². The Kier molecular flexibility index (Phi) is 3.83. The molecule has 5 rings (SSSR count). The Morgan fingerprint density at radius 2 is 1.90 bits per heavy atom. The van der Waals surface area contributed by atoms with Gasteiger partial charge in [0.1, 0.15) is 12.1 Å². The molecule has 0 aromatic carbocycles. The van der Waals surface area contributed by atoms with E-state index in [0.717, 1.165) is 16.9 Å². The molecule has 1 aliphatic carbocycles. The highest BCUT2D eigenvalue weighted by atomic mass is 35.5. The van der Waals surface area contributed by atoms with Gasteiger partial charge in [-0.15, -0.1) is 0 Å². The fourth-order valence-corrected chi connectivity index (χ4v) is 3.84. The number of imidazole rings is 1. The summed E-state index contributed by atoms with van der Waals surface area (Å²) in [5, 5.41) is 7.69. The van der Waals surface area contributed by atoms with E-state index < -0.39 is 30.4 Å². The largest absolute Gasteiger partial charge is 0.408 e. The zero-order chi connectivity index (χ0) is 20.5. The second kappa shape index (κ2) is 6.09. The number of alkyl halides is 3. The molecule has 4 aromatic heterocycles. The lowest BCUT2D eigenvalue weighted by molar-refractivity contribution is -0.141. The normalized spacial score (nSPS) is 19.4. The minimum Gasteiger partial charge on any atom is -0.257 e. The van der Waals surface area contributed by atoms with Gasteiger partial charge in [-0.05, 0) is 18.4 Å². The number of hydrogen-bond acceptors (Lipinski definition) is 4. The van der Waals surface area contributed by atoms with Crippen molar-refractivity contribution in [3.63, 3.8) is 0 Å². The van der Waals surface area contributed by atoms with Crippen LogP contribution in [-0.2, 0) is 6.54 Å². The molecule has 0 bridgehead atoms. The molecule has 0 spiro atoms. The van der Waals surface area contributed by atoms with Crippen LogP contribution in [0.25, 0.3) is 16.6 Å². The highest BCUT2D eigenvalue weighted by Gasteiger charge is 2.44. The van der Waals surface area contributed by atoms with Gasteiger partial charge in [0, 0.05) is 23.1 Å². The molecule has 12 heteroatoms. The van der Waals surface area contributed by atoms with Gasteiger partial charge in [0.05, 0.1) is 18.1 Å². The lowest BCUT2D eigenvalue weighted by atomic mass is 10.1. The molecule has 0 N–H and O–H groups in total. The number of pyridine rings is 1. The maximum Gasteiger partial charge on any atom is 0.408 e. The van der Waals surface area contributed by atoms with Crippen LogP contribution in [0.2, 0.25) is 5.15 Å². The van der Waals surface area contributed by atoms with Crippen molar-refractivity contribution in [2.24, 2.45) is 0 Å². The third-order valence-electron chi connectivity index (χ3n) is 4.94. The summed E-state index contributed by atoms with van der Waals surface area (Å²) in [6, 6.07) is 1.53. The van der Waals surface area contributed by atoms with E-state index in [1.807, 2.05) is 0 Å². The van der Waals surface area contributed by atoms with Crippen LogP contribution in [0.1, 0.15) is 29.5 Å². The topological polar surface area (TPSA) is 60.9 Å². The van der Waals surface area contributed by atoms with E-state index in [1.54, 1.807) is 0 Å². The van der Waals surface area contributed by atoms with Gasteiger partial charge in [0.25, 0.3) is 0 Å². The summed E-state index contributed by atoms with van der Waals surface area (Å²) in [6.07, 6.45) is -0.632. The predicted octanol–water partition coefficient (Wildman–Crippen LogP) is 4.24. The van der Waals surface area contributed by atoms with E-state index >= 15 is 4.39 Å². The van der Waals surface area contributed by atoms with Crippen molar-refractivity contribution in [3.8, 4) is 0 Å². The monoisotopic (exact) mass is 428 g/mol. The van der Waals surface area contributed by atoms with Crippen molar-refractivity contribution in [2.45, 2.75) is 31.0 Å². The number of nitrogens with zero attached hydrogens (tertiary/aromatic N) is 6. The highest BCUT2D eigenvalue weighted by molar-refractivity contribution is 6.29. The molecular formula is C17H10ClF5N6. The van der Waals surface area contributed by atoms with Crippen LogP contribution in [0.3, 0.4) is 0 Å². The molecule has 1 saturated carbocycles. The van der Waals surface area contributed by atoms with Crippen molar-refractivity contribution in [1.29, 1.82) is 0 Å². The lowest BCUT2D eigenvalue weighted by Crippen LogP contribution is -2.19. The number of aromatic nitrogens is 6. The molecule has 0 unspecified atom stereocenters. The highest BCUT2D eigenvalue weighted by Crippen LogP contribution is 2.56. The van der Waals surface area contributed by atoms with Crippen LogP contribution in [-0.4, -0.2) is 35.5 Å². The van der Waals surface area contributed by atoms with Gasteiger partial charge >= 0.3 is 6.18 Å². The van der Waals surface area contributed by atoms with E-state index in [0.29, 0.717) is 16.7 Å². The van der Waals surface area contributed by atoms with Gasteiger partial charge in [-0.3, -0.25) is 9.67 Å². The SMILES string of the molecule is Fc1c([C@H]2C[C@@H]2c2cc(Cl)nn3c(F)cnc23)ncc2cnn(CC(F)(F)F)c12. The standard InChI is InChI=1S/C17H10ClF5N6/c18-11-2-10(16-25-5-12(19)29(16)27-11)8-1-9(8)14-13(20)15-7(3-24-14)4-26-28(15)6-17(21,22)23/h2-5,8-9H,1,6H2/t8-,9-/m0/s1. The first-order valence-corrected chi connectivity index (χ1v) is 8.87. The first kappa shape index (κ1) is 18.2. The molecule has 4 heterocycles. The molecular weight excluding hydrogens is 419 g/mol. The quantitative estimate of drug-likeness (QED) is 0.458. The Morgan fingerprint density at radius 3 is 2.66 bits per heavy atom. The maximum absolute atomic E-state index is 15.1. The summed E-state index contributed by atoms with van der Waals surface area (Å²) in [5.41, 5.74) is 0.610. The maximum atomic E-state index is 15.1. The van der Waals surface area contributed by atoms with Crippen LogP contribution in [0.4, 0.5) is 22.0 Å². The Hall–Kier alpha value is -2.82. The average Bonchev–Trinajstić information content (AvgIpc) is 3.19. The van der Waals surface area contributed by atoms with E-state index in [9.17, 15) is 17.6 Å². The van der Waals surface area contributed by atoms with Crippen LogP contribution < -0.4 is 0 Å². The summed E-state index contributed by atoms with van der Waals surface area (Å²) in [4.78, 5) is 8.08. The molecule has 0 amide bonds. The van der Waals surface area contributed by atoms with E-state index in [4.69, 9.17) is 11.6 Å². The van der Waals surface area contributed by atoms with E-state index in [-0.39, 0.29) is 33.3 Å². The Bertz CT molecular complexity index is 1260. The summed E-state index contributed by atoms with van der Waals surface area (Å²) >= 11 is 5.96. The molecule has 0 radical (unpaired) electrons. The Balaban J connectivity index is 1.55. The number of halogens is 6. The van der Waals surface area contributed by atoms with Crippen molar-refractivity contribution < 1.29 is 22.0 Å².